The Hall–Kier alpha value is -3.80. The quantitative estimate of drug-likeness (QED) is 0.465. The van der Waals surface area contributed by atoms with Gasteiger partial charge in [0.15, 0.2) is 0 Å². The van der Waals surface area contributed by atoms with E-state index in [0.717, 1.165) is 22.2 Å². The first kappa shape index (κ1) is 19.2. The number of fused-ring (bicyclic) bond motifs is 3. The van der Waals surface area contributed by atoms with Crippen molar-refractivity contribution in [1.82, 2.24) is 9.88 Å². The van der Waals surface area contributed by atoms with E-state index in [9.17, 15) is 9.18 Å². The normalized spacial score (nSPS) is 15.5. The molecular formula is C25H22FN3O2. The summed E-state index contributed by atoms with van der Waals surface area (Å²) in [5, 5.41) is 4.06. The Labute approximate surface area is 179 Å². The average Bonchev–Trinajstić information content (AvgIpc) is 3.18. The summed E-state index contributed by atoms with van der Waals surface area (Å²) in [6.45, 7) is 0.476. The van der Waals surface area contributed by atoms with Gasteiger partial charge in [0.05, 0.1) is 7.11 Å². The molecule has 4 aromatic rings. The zero-order valence-corrected chi connectivity index (χ0v) is 17.1. The molecule has 0 saturated carbocycles. The van der Waals surface area contributed by atoms with Crippen LogP contribution in [0, 0.1) is 5.82 Å². The molecule has 5 nitrogen and oxygen atoms in total. The number of hydrogen-bond acceptors (Lipinski definition) is 2. The number of aromatic amines is 1. The van der Waals surface area contributed by atoms with Gasteiger partial charge in [-0.1, -0.05) is 42.5 Å². The molecule has 1 aromatic heterocycles. The topological polar surface area (TPSA) is 57.4 Å². The maximum Gasteiger partial charge on any atom is 0.322 e. The van der Waals surface area contributed by atoms with Gasteiger partial charge in [0.1, 0.15) is 17.6 Å². The van der Waals surface area contributed by atoms with Gasteiger partial charge < -0.3 is 19.9 Å². The van der Waals surface area contributed by atoms with Gasteiger partial charge in [-0.15, -0.1) is 0 Å². The molecular weight excluding hydrogens is 393 g/mol. The van der Waals surface area contributed by atoms with E-state index in [2.05, 4.69) is 16.4 Å². The van der Waals surface area contributed by atoms with E-state index in [-0.39, 0.29) is 11.8 Å². The van der Waals surface area contributed by atoms with E-state index in [1.54, 1.807) is 42.3 Å². The lowest BCUT2D eigenvalue weighted by Crippen LogP contribution is -2.43. The van der Waals surface area contributed by atoms with E-state index in [1.165, 1.54) is 6.07 Å². The predicted molar refractivity (Wildman–Crippen MR) is 119 cm³/mol. The molecule has 0 spiro atoms. The first-order valence-corrected chi connectivity index (χ1v) is 10.2. The minimum Gasteiger partial charge on any atom is -0.497 e. The van der Waals surface area contributed by atoms with Crippen molar-refractivity contribution in [2.24, 2.45) is 0 Å². The second-order valence-electron chi connectivity index (χ2n) is 7.59. The molecule has 1 aliphatic rings. The number of nitrogens with zero attached hydrogens (tertiary/aromatic N) is 1. The number of ether oxygens (including phenoxy) is 1. The largest absolute Gasteiger partial charge is 0.497 e. The van der Waals surface area contributed by atoms with E-state index < -0.39 is 6.04 Å². The Kier molecular flexibility index (Phi) is 4.82. The maximum atomic E-state index is 14.9. The fourth-order valence-corrected chi connectivity index (χ4v) is 4.38. The molecule has 2 N–H and O–H groups in total. The summed E-state index contributed by atoms with van der Waals surface area (Å²) in [6.07, 6.45) is 0.690. The van der Waals surface area contributed by atoms with Crippen molar-refractivity contribution in [3.05, 3.63) is 95.4 Å². The maximum absolute atomic E-state index is 14.9. The molecule has 156 valence electrons. The van der Waals surface area contributed by atoms with Crippen molar-refractivity contribution < 1.29 is 13.9 Å². The standard InChI is InChI=1S/C25H22FN3O2/c1-31-17-8-6-7-16(15-17)27-25(30)29-14-13-19-18-9-3-5-12-22(18)28-23(19)24(29)20-10-2-4-11-21(20)26/h2-12,15,24,28H,13-14H2,1H3,(H,27,30)/t24-/m0/s1. The van der Waals surface area contributed by atoms with Gasteiger partial charge in [-0.2, -0.15) is 0 Å². The van der Waals surface area contributed by atoms with E-state index >= 15 is 0 Å². The number of para-hydroxylation sites is 1. The Balaban J connectivity index is 1.57. The number of halogens is 1. The zero-order valence-electron chi connectivity index (χ0n) is 17.1. The Morgan fingerprint density at radius 1 is 1.10 bits per heavy atom. The number of rotatable bonds is 3. The van der Waals surface area contributed by atoms with Gasteiger partial charge in [0.25, 0.3) is 0 Å². The molecule has 2 heterocycles. The molecule has 0 saturated heterocycles. The Bertz CT molecular complexity index is 1270. The molecule has 5 rings (SSSR count). The summed E-state index contributed by atoms with van der Waals surface area (Å²) in [7, 11) is 1.58. The van der Waals surface area contributed by atoms with Crippen LogP contribution in [-0.4, -0.2) is 29.6 Å². The van der Waals surface area contributed by atoms with Crippen LogP contribution in [0.15, 0.2) is 72.8 Å². The smallest absolute Gasteiger partial charge is 0.322 e. The third kappa shape index (κ3) is 3.40. The number of nitrogens with one attached hydrogen (secondary N) is 2. The van der Waals surface area contributed by atoms with Crippen molar-refractivity contribution in [3.8, 4) is 5.75 Å². The molecule has 0 bridgehead atoms. The van der Waals surface area contributed by atoms with Crippen LogP contribution in [0.3, 0.4) is 0 Å². The van der Waals surface area contributed by atoms with Crippen molar-refractivity contribution in [2.75, 3.05) is 19.0 Å². The molecule has 1 atom stereocenters. The van der Waals surface area contributed by atoms with Crippen LogP contribution >= 0.6 is 0 Å². The van der Waals surface area contributed by atoms with Gasteiger partial charge in [-0.25, -0.2) is 9.18 Å². The first-order chi connectivity index (χ1) is 15.2. The minimum atomic E-state index is -0.553. The van der Waals surface area contributed by atoms with Crippen molar-refractivity contribution in [3.63, 3.8) is 0 Å². The predicted octanol–water partition coefficient (Wildman–Crippen LogP) is 5.50. The summed E-state index contributed by atoms with van der Waals surface area (Å²) in [5.41, 5.74) is 4.08. The number of urea groups is 1. The van der Waals surface area contributed by atoms with Crippen molar-refractivity contribution in [1.29, 1.82) is 0 Å². The molecule has 0 radical (unpaired) electrons. The number of anilines is 1. The molecule has 3 aromatic carbocycles. The number of carbonyl (C=O) groups excluding carboxylic acids is 1. The lowest BCUT2D eigenvalue weighted by Gasteiger charge is -2.36. The fourth-order valence-electron chi connectivity index (χ4n) is 4.38. The molecule has 1 aliphatic heterocycles. The van der Waals surface area contributed by atoms with Crippen LogP contribution in [0.1, 0.15) is 22.9 Å². The fraction of sp³-hybridized carbons (Fsp3) is 0.160. The summed E-state index contributed by atoms with van der Waals surface area (Å²) in [5.74, 6) is 0.318. The summed E-state index contributed by atoms with van der Waals surface area (Å²) in [6, 6.07) is 21.0. The highest BCUT2D eigenvalue weighted by Crippen LogP contribution is 2.39. The third-order valence-electron chi connectivity index (χ3n) is 5.82. The molecule has 31 heavy (non-hydrogen) atoms. The number of carbonyl (C=O) groups is 1. The third-order valence-corrected chi connectivity index (χ3v) is 5.82. The molecule has 2 amide bonds. The Morgan fingerprint density at radius 3 is 2.74 bits per heavy atom. The van der Waals surface area contributed by atoms with Crippen molar-refractivity contribution in [2.45, 2.75) is 12.5 Å². The van der Waals surface area contributed by atoms with Gasteiger partial charge in [0.2, 0.25) is 0 Å². The van der Waals surface area contributed by atoms with Crippen LogP contribution in [0.2, 0.25) is 0 Å². The van der Waals surface area contributed by atoms with Crippen LogP contribution in [-0.2, 0) is 6.42 Å². The SMILES string of the molecule is COc1cccc(NC(=O)N2CCc3c([nH]c4ccccc34)[C@@H]2c2ccccc2F)c1. The zero-order chi connectivity index (χ0) is 21.4. The molecule has 0 unspecified atom stereocenters. The number of methoxy groups -OCH3 is 1. The molecule has 6 heteroatoms. The second kappa shape index (κ2) is 7.80. The highest BCUT2D eigenvalue weighted by molar-refractivity contribution is 5.91. The number of amides is 2. The number of H-pyrrole nitrogens is 1. The number of aromatic nitrogens is 1. The van der Waals surface area contributed by atoms with E-state index in [1.807, 2.05) is 30.3 Å². The van der Waals surface area contributed by atoms with E-state index in [4.69, 9.17) is 4.74 Å². The van der Waals surface area contributed by atoms with Crippen molar-refractivity contribution >= 4 is 22.6 Å². The molecule has 0 fully saturated rings. The number of benzene rings is 3. The minimum absolute atomic E-state index is 0.286. The van der Waals surface area contributed by atoms with Gasteiger partial charge >= 0.3 is 6.03 Å². The number of hydrogen-bond donors (Lipinski definition) is 2. The second-order valence-corrected chi connectivity index (χ2v) is 7.59. The lowest BCUT2D eigenvalue weighted by atomic mass is 9.92. The van der Waals surface area contributed by atoms with E-state index in [0.29, 0.717) is 30.0 Å². The summed E-state index contributed by atoms with van der Waals surface area (Å²) < 4.78 is 20.1. The highest BCUT2D eigenvalue weighted by atomic mass is 19.1. The average molecular weight is 415 g/mol. The van der Waals surface area contributed by atoms with Crippen LogP contribution in [0.5, 0.6) is 5.75 Å². The van der Waals surface area contributed by atoms with Crippen LogP contribution < -0.4 is 10.1 Å². The first-order valence-electron chi connectivity index (χ1n) is 10.2. The van der Waals surface area contributed by atoms with Gasteiger partial charge in [-0.05, 0) is 36.2 Å². The van der Waals surface area contributed by atoms with Gasteiger partial charge in [-0.3, -0.25) is 0 Å². The highest BCUT2D eigenvalue weighted by Gasteiger charge is 2.36. The van der Waals surface area contributed by atoms with Crippen LogP contribution in [0.4, 0.5) is 14.9 Å². The molecule has 0 aliphatic carbocycles. The van der Waals surface area contributed by atoms with Crippen LogP contribution in [0.25, 0.3) is 10.9 Å². The summed E-state index contributed by atoms with van der Waals surface area (Å²) >= 11 is 0. The Morgan fingerprint density at radius 2 is 1.90 bits per heavy atom. The van der Waals surface area contributed by atoms with Gasteiger partial charge in [0, 0.05) is 40.5 Å². The monoisotopic (exact) mass is 415 g/mol. The summed E-state index contributed by atoms with van der Waals surface area (Å²) in [4.78, 5) is 18.5. The lowest BCUT2D eigenvalue weighted by molar-refractivity contribution is 0.192.